The van der Waals surface area contributed by atoms with Crippen molar-refractivity contribution < 1.29 is 18.4 Å². The number of ether oxygens (including phenoxy) is 1. The molecule has 2 aliphatic rings. The van der Waals surface area contributed by atoms with Gasteiger partial charge in [-0.2, -0.15) is 0 Å². The van der Waals surface area contributed by atoms with Gasteiger partial charge >= 0.3 is 0 Å². The number of fused-ring (bicyclic) bond motifs is 1. The Morgan fingerprint density at radius 1 is 1.15 bits per heavy atom. The standard InChI is InChI=1S/C26H26F2N4O2/c1-17-15-31(16-29-17)24-8-5-18(13-25(24)33-2)12-20-4-3-10-32-23(9-11-34-30-26(20)32)19-6-7-21(27)22(28)14-19/h5-8,12-16,23H,3-4,9-11H2,1-2H3/t23-/m1/s1. The summed E-state index contributed by atoms with van der Waals surface area (Å²) < 4.78 is 35.1. The van der Waals surface area contributed by atoms with E-state index in [1.807, 2.05) is 35.9 Å². The number of piperidine rings is 1. The van der Waals surface area contributed by atoms with Crippen molar-refractivity contribution in [1.29, 1.82) is 0 Å². The molecule has 0 spiro atoms. The van der Waals surface area contributed by atoms with Crippen LogP contribution in [0.5, 0.6) is 5.75 Å². The molecule has 2 aromatic carbocycles. The molecule has 176 valence electrons. The molecule has 1 aromatic heterocycles. The van der Waals surface area contributed by atoms with E-state index < -0.39 is 11.6 Å². The number of oxime groups is 1. The van der Waals surface area contributed by atoms with Crippen LogP contribution in [0.25, 0.3) is 11.8 Å². The van der Waals surface area contributed by atoms with E-state index in [-0.39, 0.29) is 6.04 Å². The summed E-state index contributed by atoms with van der Waals surface area (Å²) in [5.41, 5.74) is 4.57. The van der Waals surface area contributed by atoms with E-state index in [0.717, 1.165) is 59.1 Å². The number of imidazole rings is 1. The molecule has 0 N–H and O–H groups in total. The van der Waals surface area contributed by atoms with Crippen molar-refractivity contribution in [1.82, 2.24) is 14.5 Å². The maximum absolute atomic E-state index is 14.0. The molecular formula is C26H26F2N4O2. The zero-order chi connectivity index (χ0) is 23.7. The summed E-state index contributed by atoms with van der Waals surface area (Å²) in [7, 11) is 1.65. The molecule has 2 aliphatic heterocycles. The van der Waals surface area contributed by atoms with E-state index in [1.54, 1.807) is 19.5 Å². The smallest absolute Gasteiger partial charge is 0.171 e. The van der Waals surface area contributed by atoms with Gasteiger partial charge in [0.1, 0.15) is 12.4 Å². The second kappa shape index (κ2) is 9.29. The maximum atomic E-state index is 14.0. The normalized spacial score (nSPS) is 19.3. The van der Waals surface area contributed by atoms with Gasteiger partial charge in [0.15, 0.2) is 17.5 Å². The molecule has 6 nitrogen and oxygen atoms in total. The highest BCUT2D eigenvalue weighted by Gasteiger charge is 2.31. The quantitative estimate of drug-likeness (QED) is 0.517. The van der Waals surface area contributed by atoms with Crippen molar-refractivity contribution in [3.63, 3.8) is 0 Å². The fraction of sp³-hybridized carbons (Fsp3) is 0.308. The van der Waals surface area contributed by atoms with Gasteiger partial charge in [0.25, 0.3) is 0 Å². The van der Waals surface area contributed by atoms with Crippen LogP contribution >= 0.6 is 0 Å². The van der Waals surface area contributed by atoms with E-state index in [4.69, 9.17) is 9.57 Å². The average Bonchev–Trinajstić information content (AvgIpc) is 3.15. The summed E-state index contributed by atoms with van der Waals surface area (Å²) in [6.07, 6.45) is 8.21. The molecular weight excluding hydrogens is 438 g/mol. The van der Waals surface area contributed by atoms with Crippen LogP contribution in [-0.2, 0) is 4.84 Å². The molecule has 3 heterocycles. The minimum absolute atomic E-state index is 0.138. The van der Waals surface area contributed by atoms with Gasteiger partial charge in [0.2, 0.25) is 0 Å². The Hall–Kier alpha value is -3.68. The first-order chi connectivity index (χ1) is 16.5. The number of amidine groups is 1. The van der Waals surface area contributed by atoms with Gasteiger partial charge in [0.05, 0.1) is 30.9 Å². The third kappa shape index (κ3) is 4.27. The number of aromatic nitrogens is 2. The number of hydrogen-bond acceptors (Lipinski definition) is 5. The largest absolute Gasteiger partial charge is 0.495 e. The first kappa shape index (κ1) is 22.1. The summed E-state index contributed by atoms with van der Waals surface area (Å²) in [6.45, 7) is 3.12. The Bertz CT molecular complexity index is 1270. The van der Waals surface area contributed by atoms with Crippen LogP contribution in [0, 0.1) is 18.6 Å². The Balaban J connectivity index is 1.47. The Morgan fingerprint density at radius 3 is 2.79 bits per heavy atom. The molecule has 0 aliphatic carbocycles. The summed E-state index contributed by atoms with van der Waals surface area (Å²) in [6, 6.07) is 9.99. The Kier molecular flexibility index (Phi) is 6.04. The zero-order valence-corrected chi connectivity index (χ0v) is 19.2. The van der Waals surface area contributed by atoms with Crippen molar-refractivity contribution in [3.8, 4) is 11.4 Å². The van der Waals surface area contributed by atoms with Crippen molar-refractivity contribution in [2.24, 2.45) is 5.16 Å². The third-order valence-corrected chi connectivity index (χ3v) is 6.28. The SMILES string of the molecule is COc1cc(C=C2CCCN3C2=NOCC[C@@H]3c2ccc(F)c(F)c2)ccc1-n1cnc(C)c1. The fourth-order valence-corrected chi connectivity index (χ4v) is 4.64. The van der Waals surface area contributed by atoms with Crippen molar-refractivity contribution >= 4 is 11.9 Å². The van der Waals surface area contributed by atoms with Gasteiger partial charge in [-0.15, -0.1) is 0 Å². The second-order valence-corrected chi connectivity index (χ2v) is 8.55. The van der Waals surface area contributed by atoms with E-state index in [1.165, 1.54) is 12.1 Å². The molecule has 0 bridgehead atoms. The van der Waals surface area contributed by atoms with Crippen LogP contribution in [0.4, 0.5) is 8.78 Å². The van der Waals surface area contributed by atoms with Gasteiger partial charge in [-0.3, -0.25) is 0 Å². The van der Waals surface area contributed by atoms with Crippen LogP contribution in [0.3, 0.4) is 0 Å². The van der Waals surface area contributed by atoms with Crippen molar-refractivity contribution in [3.05, 3.63) is 83.0 Å². The van der Waals surface area contributed by atoms with E-state index >= 15 is 0 Å². The third-order valence-electron chi connectivity index (χ3n) is 6.28. The molecule has 1 saturated heterocycles. The highest BCUT2D eigenvalue weighted by Crippen LogP contribution is 2.35. The van der Waals surface area contributed by atoms with Gasteiger partial charge < -0.3 is 19.0 Å². The Labute approximate surface area is 197 Å². The average molecular weight is 465 g/mol. The molecule has 8 heteroatoms. The molecule has 0 unspecified atom stereocenters. The topological polar surface area (TPSA) is 51.9 Å². The maximum Gasteiger partial charge on any atom is 0.171 e. The molecule has 1 atom stereocenters. The molecule has 0 radical (unpaired) electrons. The summed E-state index contributed by atoms with van der Waals surface area (Å²) in [5, 5.41) is 4.41. The fourth-order valence-electron chi connectivity index (χ4n) is 4.64. The number of benzene rings is 2. The van der Waals surface area contributed by atoms with Crippen molar-refractivity contribution in [2.75, 3.05) is 20.3 Å². The monoisotopic (exact) mass is 464 g/mol. The predicted molar refractivity (Wildman–Crippen MR) is 126 cm³/mol. The van der Waals surface area contributed by atoms with Crippen LogP contribution in [-0.4, -0.2) is 40.5 Å². The van der Waals surface area contributed by atoms with Crippen LogP contribution < -0.4 is 4.74 Å². The first-order valence-electron chi connectivity index (χ1n) is 11.3. The minimum Gasteiger partial charge on any atom is -0.495 e. The number of rotatable bonds is 4. The number of methoxy groups -OCH3 is 1. The number of hydrogen-bond donors (Lipinski definition) is 0. The number of halogens is 2. The van der Waals surface area contributed by atoms with Gasteiger partial charge in [-0.05, 0) is 66.8 Å². The summed E-state index contributed by atoms with van der Waals surface area (Å²) in [4.78, 5) is 12.0. The molecule has 1 fully saturated rings. The number of nitrogens with zero attached hydrogens (tertiary/aromatic N) is 4. The highest BCUT2D eigenvalue weighted by atomic mass is 19.2. The molecule has 5 rings (SSSR count). The summed E-state index contributed by atoms with van der Waals surface area (Å²) in [5.74, 6) is -0.205. The molecule has 0 amide bonds. The van der Waals surface area contributed by atoms with Crippen molar-refractivity contribution in [2.45, 2.75) is 32.2 Å². The first-order valence-corrected chi connectivity index (χ1v) is 11.3. The molecule has 34 heavy (non-hydrogen) atoms. The lowest BCUT2D eigenvalue weighted by Crippen LogP contribution is -2.39. The van der Waals surface area contributed by atoms with Gasteiger partial charge in [-0.25, -0.2) is 13.8 Å². The minimum atomic E-state index is -0.843. The Morgan fingerprint density at radius 2 is 2.03 bits per heavy atom. The van der Waals surface area contributed by atoms with E-state index in [0.29, 0.717) is 13.0 Å². The number of aryl methyl sites for hydroxylation is 1. The highest BCUT2D eigenvalue weighted by molar-refractivity contribution is 6.02. The predicted octanol–water partition coefficient (Wildman–Crippen LogP) is 5.42. The summed E-state index contributed by atoms with van der Waals surface area (Å²) >= 11 is 0. The van der Waals surface area contributed by atoms with Crippen LogP contribution in [0.15, 0.2) is 59.7 Å². The van der Waals surface area contributed by atoms with Crippen LogP contribution in [0.2, 0.25) is 0 Å². The van der Waals surface area contributed by atoms with E-state index in [2.05, 4.69) is 21.1 Å². The lowest BCUT2D eigenvalue weighted by molar-refractivity contribution is 0.140. The van der Waals surface area contributed by atoms with Gasteiger partial charge in [0, 0.05) is 19.2 Å². The molecule has 0 saturated carbocycles. The molecule has 3 aromatic rings. The van der Waals surface area contributed by atoms with E-state index in [9.17, 15) is 8.78 Å². The lowest BCUT2D eigenvalue weighted by Gasteiger charge is -2.36. The second-order valence-electron chi connectivity index (χ2n) is 8.55. The zero-order valence-electron chi connectivity index (χ0n) is 19.2. The van der Waals surface area contributed by atoms with Crippen LogP contribution in [0.1, 0.15) is 42.1 Å². The van der Waals surface area contributed by atoms with Gasteiger partial charge in [-0.1, -0.05) is 17.3 Å². The lowest BCUT2D eigenvalue weighted by atomic mass is 9.95.